The minimum Gasteiger partial charge on any atom is -0.504 e. The lowest BCUT2D eigenvalue weighted by molar-refractivity contribution is -0.181. The van der Waals surface area contributed by atoms with Crippen molar-refractivity contribution in [2.75, 3.05) is 14.2 Å². The second-order valence-corrected chi connectivity index (χ2v) is 6.48. The van der Waals surface area contributed by atoms with E-state index in [0.717, 1.165) is 0 Å². The molecule has 1 N–H and O–H groups in total. The first-order valence-corrected chi connectivity index (χ1v) is 8.93. The van der Waals surface area contributed by atoms with Gasteiger partial charge in [-0.3, -0.25) is 4.79 Å². The maximum Gasteiger partial charge on any atom is 0.336 e. The van der Waals surface area contributed by atoms with Crippen LogP contribution in [-0.2, 0) is 9.53 Å². The number of aromatic hydroxyl groups is 1. The molecule has 3 aromatic rings. The van der Waals surface area contributed by atoms with Crippen LogP contribution in [0.3, 0.4) is 0 Å². The molecule has 0 bridgehead atoms. The van der Waals surface area contributed by atoms with Gasteiger partial charge in [0, 0.05) is 23.9 Å². The zero-order chi connectivity index (χ0) is 21.4. The van der Waals surface area contributed by atoms with E-state index in [4.69, 9.17) is 28.1 Å². The molecule has 0 aliphatic carbocycles. The number of hydrogen-bond acceptors (Lipinski definition) is 9. The van der Waals surface area contributed by atoms with Crippen LogP contribution >= 0.6 is 0 Å². The number of fused-ring (bicyclic) bond motifs is 3. The van der Waals surface area contributed by atoms with Crippen molar-refractivity contribution in [3.63, 3.8) is 0 Å². The topological polar surface area (TPSA) is 114 Å². The van der Waals surface area contributed by atoms with Gasteiger partial charge in [0.05, 0.1) is 14.2 Å². The number of benzene rings is 2. The Morgan fingerprint density at radius 1 is 1.00 bits per heavy atom. The van der Waals surface area contributed by atoms with E-state index in [0.29, 0.717) is 16.7 Å². The highest BCUT2D eigenvalue weighted by Gasteiger charge is 2.39. The second kappa shape index (κ2) is 7.51. The van der Waals surface area contributed by atoms with Gasteiger partial charge in [0.2, 0.25) is 11.5 Å². The van der Waals surface area contributed by atoms with Crippen LogP contribution in [0.4, 0.5) is 0 Å². The molecule has 0 radical (unpaired) electrons. The standard InChI is InChI=1S/C21H18O9/c1-10(22)27-21-18(12-4-6-13(23)14(8-12)25-2)29-19-15(26-3)9-11-5-7-16(24)28-17(11)20(19)30-21/h4-9,18,21,23H,1-3H3/t18-,21+/m1/s1. The van der Waals surface area contributed by atoms with E-state index in [1.54, 1.807) is 24.3 Å². The number of ether oxygens (including phenoxy) is 5. The molecular weight excluding hydrogens is 396 g/mol. The van der Waals surface area contributed by atoms with E-state index in [1.165, 1.54) is 33.3 Å². The molecule has 0 saturated heterocycles. The predicted molar refractivity (Wildman–Crippen MR) is 103 cm³/mol. The van der Waals surface area contributed by atoms with Gasteiger partial charge in [0.15, 0.2) is 28.9 Å². The molecule has 2 atom stereocenters. The number of methoxy groups -OCH3 is 2. The van der Waals surface area contributed by atoms with E-state index in [-0.39, 0.29) is 28.6 Å². The second-order valence-electron chi connectivity index (χ2n) is 6.48. The lowest BCUT2D eigenvalue weighted by atomic mass is 10.1. The summed E-state index contributed by atoms with van der Waals surface area (Å²) in [4.78, 5) is 23.5. The normalized spacial score (nSPS) is 17.4. The van der Waals surface area contributed by atoms with E-state index < -0.39 is 24.0 Å². The minimum absolute atomic E-state index is 0.0623. The Bertz CT molecular complexity index is 1180. The predicted octanol–water partition coefficient (Wildman–Crippen LogP) is 2.92. The van der Waals surface area contributed by atoms with Gasteiger partial charge < -0.3 is 33.2 Å². The van der Waals surface area contributed by atoms with E-state index in [1.807, 2.05) is 0 Å². The van der Waals surface area contributed by atoms with Crippen molar-refractivity contribution in [1.82, 2.24) is 0 Å². The molecule has 1 aliphatic rings. The van der Waals surface area contributed by atoms with Gasteiger partial charge in [-0.05, 0) is 24.3 Å². The molecule has 2 heterocycles. The molecule has 9 nitrogen and oxygen atoms in total. The summed E-state index contributed by atoms with van der Waals surface area (Å²) >= 11 is 0. The average molecular weight is 414 g/mol. The highest BCUT2D eigenvalue weighted by Crippen LogP contribution is 2.50. The van der Waals surface area contributed by atoms with Crippen molar-refractivity contribution in [2.24, 2.45) is 0 Å². The molecule has 0 spiro atoms. The van der Waals surface area contributed by atoms with Gasteiger partial charge in [-0.2, -0.15) is 0 Å². The van der Waals surface area contributed by atoms with Crippen LogP contribution in [0.1, 0.15) is 18.6 Å². The summed E-state index contributed by atoms with van der Waals surface area (Å²) in [6.45, 7) is 1.23. The maximum absolute atomic E-state index is 11.8. The van der Waals surface area contributed by atoms with Crippen LogP contribution in [0.15, 0.2) is 45.6 Å². The van der Waals surface area contributed by atoms with Crippen molar-refractivity contribution >= 4 is 16.9 Å². The van der Waals surface area contributed by atoms with Crippen molar-refractivity contribution in [3.05, 3.63) is 52.4 Å². The summed E-state index contributed by atoms with van der Waals surface area (Å²) in [5.74, 6) is 0.141. The summed E-state index contributed by atoms with van der Waals surface area (Å²) in [5.41, 5.74) is 0.0725. The molecule has 0 unspecified atom stereocenters. The molecular formula is C21H18O9. The van der Waals surface area contributed by atoms with Crippen LogP contribution < -0.4 is 24.6 Å². The summed E-state index contributed by atoms with van der Waals surface area (Å²) in [6.07, 6.45) is -2.12. The van der Waals surface area contributed by atoms with Gasteiger partial charge in [-0.15, -0.1) is 0 Å². The van der Waals surface area contributed by atoms with Crippen molar-refractivity contribution in [2.45, 2.75) is 19.3 Å². The molecule has 4 rings (SSSR count). The SMILES string of the molecule is COc1cc([C@H]2Oc3c(OC)cc4ccc(=O)oc4c3O[C@@H]2OC(C)=O)ccc1O. The zero-order valence-corrected chi connectivity index (χ0v) is 16.3. The van der Waals surface area contributed by atoms with E-state index in [2.05, 4.69) is 0 Å². The third kappa shape index (κ3) is 3.34. The third-order valence-corrected chi connectivity index (χ3v) is 4.55. The Kier molecular flexibility index (Phi) is 4.86. The van der Waals surface area contributed by atoms with Gasteiger partial charge in [-0.1, -0.05) is 6.07 Å². The third-order valence-electron chi connectivity index (χ3n) is 4.55. The molecule has 0 saturated carbocycles. The lowest BCUT2D eigenvalue weighted by Crippen LogP contribution is -2.37. The summed E-state index contributed by atoms with van der Waals surface area (Å²) in [5, 5.41) is 10.4. The molecule has 2 aromatic carbocycles. The Balaban J connectivity index is 1.89. The van der Waals surface area contributed by atoms with Crippen LogP contribution in [0.5, 0.6) is 28.7 Å². The zero-order valence-electron chi connectivity index (χ0n) is 16.3. The number of hydrogen-bond donors (Lipinski definition) is 1. The highest BCUT2D eigenvalue weighted by molar-refractivity contribution is 5.88. The van der Waals surface area contributed by atoms with Gasteiger partial charge in [0.25, 0.3) is 6.29 Å². The number of rotatable bonds is 4. The van der Waals surface area contributed by atoms with Crippen molar-refractivity contribution < 1.29 is 38.0 Å². The fourth-order valence-corrected chi connectivity index (χ4v) is 3.22. The van der Waals surface area contributed by atoms with Crippen molar-refractivity contribution in [1.29, 1.82) is 0 Å². The number of esters is 1. The van der Waals surface area contributed by atoms with Crippen molar-refractivity contribution in [3.8, 4) is 28.7 Å². The molecule has 1 aromatic heterocycles. The fourth-order valence-electron chi connectivity index (χ4n) is 3.22. The van der Waals surface area contributed by atoms with Gasteiger partial charge in [-0.25, -0.2) is 4.79 Å². The molecule has 156 valence electrons. The summed E-state index contributed by atoms with van der Waals surface area (Å²) < 4.78 is 33.2. The number of phenolic OH excluding ortho intramolecular Hbond substituents is 1. The van der Waals surface area contributed by atoms with Crippen LogP contribution in [-0.4, -0.2) is 31.6 Å². The van der Waals surface area contributed by atoms with Crippen LogP contribution in [0.2, 0.25) is 0 Å². The number of carbonyl (C=O) groups is 1. The smallest absolute Gasteiger partial charge is 0.336 e. The molecule has 9 heteroatoms. The highest BCUT2D eigenvalue weighted by atomic mass is 16.7. The van der Waals surface area contributed by atoms with Gasteiger partial charge >= 0.3 is 11.6 Å². The fraction of sp³-hybridized carbons (Fsp3) is 0.238. The Labute approximate surface area is 170 Å². The molecule has 1 aliphatic heterocycles. The number of carbonyl (C=O) groups excluding carboxylic acids is 1. The largest absolute Gasteiger partial charge is 0.504 e. The molecule has 30 heavy (non-hydrogen) atoms. The van der Waals surface area contributed by atoms with Crippen LogP contribution in [0.25, 0.3) is 11.0 Å². The quantitative estimate of drug-likeness (QED) is 0.508. The first kappa shape index (κ1) is 19.4. The Hall–Kier alpha value is -3.88. The first-order chi connectivity index (χ1) is 14.4. The summed E-state index contributed by atoms with van der Waals surface area (Å²) in [7, 11) is 2.87. The van der Waals surface area contributed by atoms with Crippen LogP contribution in [0, 0.1) is 0 Å². The summed E-state index contributed by atoms with van der Waals surface area (Å²) in [6, 6.07) is 9.02. The average Bonchev–Trinajstić information content (AvgIpc) is 2.73. The Morgan fingerprint density at radius 3 is 2.47 bits per heavy atom. The molecule has 0 amide bonds. The first-order valence-electron chi connectivity index (χ1n) is 8.93. The van der Waals surface area contributed by atoms with E-state index in [9.17, 15) is 14.7 Å². The van der Waals surface area contributed by atoms with Gasteiger partial charge in [0.1, 0.15) is 0 Å². The lowest BCUT2D eigenvalue weighted by Gasteiger charge is -2.34. The van der Waals surface area contributed by atoms with E-state index >= 15 is 0 Å². The number of phenols is 1. The maximum atomic E-state index is 11.8. The minimum atomic E-state index is -1.20. The Morgan fingerprint density at radius 2 is 1.77 bits per heavy atom. The monoisotopic (exact) mass is 414 g/mol. The molecule has 0 fully saturated rings.